The van der Waals surface area contributed by atoms with Crippen molar-refractivity contribution in [3.63, 3.8) is 0 Å². The summed E-state index contributed by atoms with van der Waals surface area (Å²) in [5.41, 5.74) is 1.24. The molecule has 1 atom stereocenters. The molecule has 1 unspecified atom stereocenters. The van der Waals surface area contributed by atoms with Crippen LogP contribution in [0.3, 0.4) is 0 Å². The number of anilines is 1. The van der Waals surface area contributed by atoms with Crippen molar-refractivity contribution in [1.82, 2.24) is 15.6 Å². The lowest BCUT2D eigenvalue weighted by Gasteiger charge is -2.28. The van der Waals surface area contributed by atoms with Crippen LogP contribution in [0.1, 0.15) is 36.6 Å². The highest BCUT2D eigenvalue weighted by molar-refractivity contribution is 7.09. The van der Waals surface area contributed by atoms with Crippen molar-refractivity contribution in [2.75, 3.05) is 31.6 Å². The maximum absolute atomic E-state index is 4.56. The quantitative estimate of drug-likeness (QED) is 0.564. The summed E-state index contributed by atoms with van der Waals surface area (Å²) in [6.07, 6.45) is 6.89. The minimum absolute atomic E-state index is 0.564. The Balaban J connectivity index is 1.46. The predicted octanol–water partition coefficient (Wildman–Crippen LogP) is 3.68. The second-order valence-corrected chi connectivity index (χ2v) is 8.30. The third-order valence-corrected chi connectivity index (χ3v) is 5.82. The topological polar surface area (TPSA) is 52.6 Å². The zero-order valence-corrected chi connectivity index (χ0v) is 17.3. The number of pyridine rings is 1. The molecule has 3 heterocycles. The lowest BCUT2D eigenvalue weighted by molar-refractivity contribution is 0.562. The van der Waals surface area contributed by atoms with Gasteiger partial charge in [0.05, 0.1) is 0 Å². The number of hydrogen-bond donors (Lipinski definition) is 2. The summed E-state index contributed by atoms with van der Waals surface area (Å²) in [5.74, 6) is 2.51. The highest BCUT2D eigenvalue weighted by Crippen LogP contribution is 2.18. The molecule has 3 rings (SSSR count). The van der Waals surface area contributed by atoms with Crippen LogP contribution in [-0.4, -0.2) is 37.6 Å². The van der Waals surface area contributed by atoms with Gasteiger partial charge in [0.15, 0.2) is 5.96 Å². The summed E-state index contributed by atoms with van der Waals surface area (Å²) in [6.45, 7) is 6.17. The Morgan fingerprint density at radius 1 is 1.26 bits per heavy atom. The van der Waals surface area contributed by atoms with Crippen LogP contribution in [0.4, 0.5) is 5.82 Å². The standard InChI is InChI=1S/C21H31N5S/c1-17(13-19-7-6-12-27-19)15-24-21(22-2)25-16-18-8-9-23-20(14-18)26-10-4-3-5-11-26/h6-9,12,14,17H,3-5,10-11,13,15-16H2,1-2H3,(H2,22,24,25). The lowest BCUT2D eigenvalue weighted by Crippen LogP contribution is -2.39. The molecule has 1 fully saturated rings. The average Bonchev–Trinajstić information content (AvgIpc) is 3.22. The summed E-state index contributed by atoms with van der Waals surface area (Å²) in [7, 11) is 1.82. The number of piperidine rings is 1. The third kappa shape index (κ3) is 6.24. The van der Waals surface area contributed by atoms with Crippen LogP contribution in [0, 0.1) is 5.92 Å². The Labute approximate surface area is 166 Å². The Kier molecular flexibility index (Phi) is 7.51. The van der Waals surface area contributed by atoms with Crippen LogP contribution < -0.4 is 15.5 Å². The van der Waals surface area contributed by atoms with E-state index in [1.54, 1.807) is 0 Å². The first-order valence-electron chi connectivity index (χ1n) is 9.91. The van der Waals surface area contributed by atoms with Crippen molar-refractivity contribution in [1.29, 1.82) is 0 Å². The smallest absolute Gasteiger partial charge is 0.191 e. The molecule has 0 bridgehead atoms. The molecule has 2 aromatic heterocycles. The Hall–Kier alpha value is -2.08. The highest BCUT2D eigenvalue weighted by Gasteiger charge is 2.12. The Morgan fingerprint density at radius 2 is 2.11 bits per heavy atom. The second kappa shape index (κ2) is 10.3. The van der Waals surface area contributed by atoms with Crippen molar-refractivity contribution < 1.29 is 0 Å². The number of hydrogen-bond acceptors (Lipinski definition) is 4. The van der Waals surface area contributed by atoms with Gasteiger partial charge in [0.1, 0.15) is 5.82 Å². The molecule has 1 aliphatic heterocycles. The summed E-state index contributed by atoms with van der Waals surface area (Å²) in [5, 5.41) is 9.01. The normalized spacial score (nSPS) is 16.2. The largest absolute Gasteiger partial charge is 0.357 e. The summed E-state index contributed by atoms with van der Waals surface area (Å²) < 4.78 is 0. The van der Waals surface area contributed by atoms with Crippen molar-refractivity contribution in [3.8, 4) is 0 Å². The van der Waals surface area contributed by atoms with Crippen molar-refractivity contribution in [2.24, 2.45) is 10.9 Å². The summed E-state index contributed by atoms with van der Waals surface area (Å²) in [4.78, 5) is 12.7. The molecule has 0 radical (unpaired) electrons. The average molecular weight is 386 g/mol. The van der Waals surface area contributed by atoms with Gasteiger partial charge in [-0.1, -0.05) is 13.0 Å². The number of aliphatic imine (C=N–C) groups is 1. The zero-order valence-electron chi connectivity index (χ0n) is 16.4. The van der Waals surface area contributed by atoms with Gasteiger partial charge in [-0.05, 0) is 60.7 Å². The van der Waals surface area contributed by atoms with Crippen LogP contribution in [-0.2, 0) is 13.0 Å². The van der Waals surface area contributed by atoms with E-state index in [1.165, 1.54) is 29.7 Å². The first kappa shape index (κ1) is 19.7. The Bertz CT molecular complexity index is 707. The minimum Gasteiger partial charge on any atom is -0.357 e. The number of nitrogens with one attached hydrogen (secondary N) is 2. The molecule has 0 aliphatic carbocycles. The first-order valence-corrected chi connectivity index (χ1v) is 10.8. The SMILES string of the molecule is CN=C(NCc1ccnc(N2CCCCC2)c1)NCC(C)Cc1cccs1. The van der Waals surface area contributed by atoms with Crippen molar-refractivity contribution in [3.05, 3.63) is 46.3 Å². The predicted molar refractivity (Wildman–Crippen MR) is 116 cm³/mol. The highest BCUT2D eigenvalue weighted by atomic mass is 32.1. The fraction of sp³-hybridized carbons (Fsp3) is 0.524. The molecule has 5 nitrogen and oxygen atoms in total. The van der Waals surface area contributed by atoms with Crippen LogP contribution in [0.15, 0.2) is 40.8 Å². The number of rotatable bonds is 7. The zero-order chi connectivity index (χ0) is 18.9. The molecule has 1 saturated heterocycles. The van der Waals surface area contributed by atoms with Crippen molar-refractivity contribution in [2.45, 2.75) is 39.2 Å². The number of guanidine groups is 1. The van der Waals surface area contributed by atoms with Gasteiger partial charge in [0.25, 0.3) is 0 Å². The minimum atomic E-state index is 0.564. The van der Waals surface area contributed by atoms with Crippen LogP contribution in [0.2, 0.25) is 0 Å². The fourth-order valence-corrected chi connectivity index (χ4v) is 4.26. The van der Waals surface area contributed by atoms with Gasteiger partial charge in [0.2, 0.25) is 0 Å². The molecule has 0 amide bonds. The van der Waals surface area contributed by atoms with Gasteiger partial charge in [-0.2, -0.15) is 0 Å². The monoisotopic (exact) mass is 385 g/mol. The second-order valence-electron chi connectivity index (χ2n) is 7.27. The Morgan fingerprint density at radius 3 is 2.85 bits per heavy atom. The number of thiophene rings is 1. The van der Waals surface area contributed by atoms with E-state index in [0.717, 1.165) is 44.4 Å². The molecule has 2 N–H and O–H groups in total. The van der Waals surface area contributed by atoms with E-state index < -0.39 is 0 Å². The maximum atomic E-state index is 4.56. The molecule has 27 heavy (non-hydrogen) atoms. The maximum Gasteiger partial charge on any atom is 0.191 e. The molecule has 6 heteroatoms. The number of aromatic nitrogens is 1. The molecular formula is C21H31N5S. The van der Waals surface area contributed by atoms with E-state index in [0.29, 0.717) is 5.92 Å². The van der Waals surface area contributed by atoms with Crippen LogP contribution in [0.5, 0.6) is 0 Å². The van der Waals surface area contributed by atoms with Gasteiger partial charge in [-0.15, -0.1) is 11.3 Å². The molecule has 146 valence electrons. The van der Waals surface area contributed by atoms with Crippen LogP contribution >= 0.6 is 11.3 Å². The lowest BCUT2D eigenvalue weighted by atomic mass is 10.1. The molecule has 0 saturated carbocycles. The summed E-state index contributed by atoms with van der Waals surface area (Å²) in [6, 6.07) is 8.60. The number of nitrogens with zero attached hydrogens (tertiary/aromatic N) is 3. The fourth-order valence-electron chi connectivity index (χ4n) is 3.39. The molecule has 0 spiro atoms. The van der Waals surface area contributed by atoms with E-state index in [9.17, 15) is 0 Å². The van der Waals surface area contributed by atoms with Crippen molar-refractivity contribution >= 4 is 23.1 Å². The van der Waals surface area contributed by atoms with Gasteiger partial charge in [0, 0.05) is 44.3 Å². The molecule has 2 aromatic rings. The van der Waals surface area contributed by atoms with Gasteiger partial charge >= 0.3 is 0 Å². The third-order valence-electron chi connectivity index (χ3n) is 4.92. The van der Waals surface area contributed by atoms with E-state index in [4.69, 9.17) is 0 Å². The van der Waals surface area contributed by atoms with E-state index in [-0.39, 0.29) is 0 Å². The van der Waals surface area contributed by atoms with Crippen LogP contribution in [0.25, 0.3) is 0 Å². The van der Waals surface area contributed by atoms with Gasteiger partial charge < -0.3 is 15.5 Å². The first-order chi connectivity index (χ1) is 13.2. The molecule has 0 aromatic carbocycles. The summed E-state index contributed by atoms with van der Waals surface area (Å²) >= 11 is 1.83. The van der Waals surface area contributed by atoms with E-state index in [1.807, 2.05) is 24.6 Å². The van der Waals surface area contributed by atoms with Gasteiger partial charge in [-0.25, -0.2) is 4.98 Å². The van der Waals surface area contributed by atoms with Gasteiger partial charge in [-0.3, -0.25) is 4.99 Å². The van der Waals surface area contributed by atoms with E-state index >= 15 is 0 Å². The van der Waals surface area contributed by atoms with E-state index in [2.05, 4.69) is 62.1 Å². The molecular weight excluding hydrogens is 354 g/mol. The molecule has 1 aliphatic rings.